The lowest BCUT2D eigenvalue weighted by molar-refractivity contribution is 0.133. The fourth-order valence-electron chi connectivity index (χ4n) is 1.53. The highest BCUT2D eigenvalue weighted by molar-refractivity contribution is 7.80. The first-order valence-electron chi connectivity index (χ1n) is 6.53. The Bertz CT molecular complexity index is 412. The molecule has 0 unspecified atom stereocenters. The summed E-state index contributed by atoms with van der Waals surface area (Å²) in [5, 5.41) is 7.65. The molecule has 0 saturated heterocycles. The van der Waals surface area contributed by atoms with Gasteiger partial charge in [-0.2, -0.15) is 0 Å². The molecule has 1 aromatic carbocycles. The van der Waals surface area contributed by atoms with Crippen molar-refractivity contribution in [3.05, 3.63) is 28.8 Å². The van der Waals surface area contributed by atoms with E-state index < -0.39 is 0 Å². The molecular formula is C14H21ClN2OS. The molecule has 19 heavy (non-hydrogen) atoms. The van der Waals surface area contributed by atoms with Crippen molar-refractivity contribution in [3.63, 3.8) is 0 Å². The Kier molecular flexibility index (Phi) is 7.79. The van der Waals surface area contributed by atoms with Crippen molar-refractivity contribution < 1.29 is 4.74 Å². The van der Waals surface area contributed by atoms with Gasteiger partial charge in [0.1, 0.15) is 0 Å². The lowest BCUT2D eigenvalue weighted by Crippen LogP contribution is -2.30. The Morgan fingerprint density at radius 3 is 2.89 bits per heavy atom. The summed E-state index contributed by atoms with van der Waals surface area (Å²) < 4.78 is 5.40. The van der Waals surface area contributed by atoms with Gasteiger partial charge in [0.25, 0.3) is 0 Å². The van der Waals surface area contributed by atoms with Crippen molar-refractivity contribution in [1.29, 1.82) is 0 Å². The average Bonchev–Trinajstić information content (AvgIpc) is 2.39. The number of nitrogens with one attached hydrogen (secondary N) is 2. The number of rotatable bonds is 7. The van der Waals surface area contributed by atoms with Crippen LogP contribution in [0.4, 0.5) is 5.69 Å². The van der Waals surface area contributed by atoms with Gasteiger partial charge in [-0.1, -0.05) is 24.6 Å². The zero-order chi connectivity index (χ0) is 14.1. The van der Waals surface area contributed by atoms with E-state index >= 15 is 0 Å². The Morgan fingerprint density at radius 2 is 2.16 bits per heavy atom. The van der Waals surface area contributed by atoms with Gasteiger partial charge in [0, 0.05) is 30.5 Å². The summed E-state index contributed by atoms with van der Waals surface area (Å²) in [5.41, 5.74) is 1.94. The van der Waals surface area contributed by atoms with Gasteiger partial charge in [-0.3, -0.25) is 0 Å². The first-order chi connectivity index (χ1) is 9.15. The zero-order valence-corrected chi connectivity index (χ0v) is 13.0. The predicted octanol–water partition coefficient (Wildman–Crippen LogP) is 3.75. The van der Waals surface area contributed by atoms with Crippen LogP contribution in [0.3, 0.4) is 0 Å². The van der Waals surface area contributed by atoms with Gasteiger partial charge in [0.2, 0.25) is 0 Å². The largest absolute Gasteiger partial charge is 0.381 e. The van der Waals surface area contributed by atoms with Gasteiger partial charge in [-0.25, -0.2) is 0 Å². The van der Waals surface area contributed by atoms with Crippen molar-refractivity contribution in [2.24, 2.45) is 0 Å². The van der Waals surface area contributed by atoms with Crippen LogP contribution in [0.15, 0.2) is 18.2 Å². The SMILES string of the molecule is CCCOCCCNC(=S)Nc1cccc(Cl)c1C. The third kappa shape index (κ3) is 6.23. The summed E-state index contributed by atoms with van der Waals surface area (Å²) in [6.45, 7) is 6.45. The molecule has 1 rings (SSSR count). The van der Waals surface area contributed by atoms with E-state index in [1.165, 1.54) is 0 Å². The number of hydrogen-bond acceptors (Lipinski definition) is 2. The van der Waals surface area contributed by atoms with Crippen LogP contribution in [0, 0.1) is 6.92 Å². The molecule has 3 nitrogen and oxygen atoms in total. The van der Waals surface area contributed by atoms with E-state index in [1.807, 2.05) is 25.1 Å². The second-order valence-electron chi connectivity index (χ2n) is 4.26. The molecule has 0 spiro atoms. The summed E-state index contributed by atoms with van der Waals surface area (Å²) in [7, 11) is 0. The number of hydrogen-bond donors (Lipinski definition) is 2. The monoisotopic (exact) mass is 300 g/mol. The summed E-state index contributed by atoms with van der Waals surface area (Å²) in [6, 6.07) is 5.72. The second-order valence-corrected chi connectivity index (χ2v) is 5.07. The Hall–Kier alpha value is -0.840. The van der Waals surface area contributed by atoms with E-state index in [-0.39, 0.29) is 0 Å². The fraction of sp³-hybridized carbons (Fsp3) is 0.500. The minimum absolute atomic E-state index is 0.612. The summed E-state index contributed by atoms with van der Waals surface area (Å²) in [5.74, 6) is 0. The lowest BCUT2D eigenvalue weighted by Gasteiger charge is -2.13. The zero-order valence-electron chi connectivity index (χ0n) is 11.5. The van der Waals surface area contributed by atoms with E-state index in [2.05, 4.69) is 17.6 Å². The molecule has 2 N–H and O–H groups in total. The van der Waals surface area contributed by atoms with Crippen LogP contribution in [0.25, 0.3) is 0 Å². The maximum atomic E-state index is 6.05. The van der Waals surface area contributed by atoms with Gasteiger partial charge in [0.15, 0.2) is 5.11 Å². The summed E-state index contributed by atoms with van der Waals surface area (Å²) >= 11 is 11.3. The quantitative estimate of drug-likeness (QED) is 0.593. The molecule has 0 atom stereocenters. The van der Waals surface area contributed by atoms with Gasteiger partial charge in [0.05, 0.1) is 0 Å². The standard InChI is InChI=1S/C14H21ClN2OS/c1-3-9-18-10-5-8-16-14(19)17-13-7-4-6-12(15)11(13)2/h4,6-7H,3,5,8-10H2,1-2H3,(H2,16,17,19). The Balaban J connectivity index is 2.26. The maximum absolute atomic E-state index is 6.05. The van der Waals surface area contributed by atoms with Gasteiger partial charge < -0.3 is 15.4 Å². The number of anilines is 1. The summed E-state index contributed by atoms with van der Waals surface area (Å²) in [6.07, 6.45) is 2.00. The first-order valence-corrected chi connectivity index (χ1v) is 7.31. The van der Waals surface area contributed by atoms with Crippen LogP contribution >= 0.6 is 23.8 Å². The molecule has 106 valence electrons. The number of thiocarbonyl (C=S) groups is 1. The fourth-order valence-corrected chi connectivity index (χ4v) is 1.92. The molecule has 1 aromatic rings. The van der Waals surface area contributed by atoms with E-state index in [1.54, 1.807) is 0 Å². The van der Waals surface area contributed by atoms with E-state index in [0.717, 1.165) is 48.9 Å². The predicted molar refractivity (Wildman–Crippen MR) is 86.1 cm³/mol. The molecule has 0 radical (unpaired) electrons. The van der Waals surface area contributed by atoms with Gasteiger partial charge in [-0.15, -0.1) is 0 Å². The van der Waals surface area contributed by atoms with Crippen LogP contribution in [-0.2, 0) is 4.74 Å². The van der Waals surface area contributed by atoms with Crippen LogP contribution in [0.1, 0.15) is 25.3 Å². The van der Waals surface area contributed by atoms with Crippen molar-refractivity contribution in [2.75, 3.05) is 25.1 Å². The number of ether oxygens (including phenoxy) is 1. The van der Waals surface area contributed by atoms with Crippen molar-refractivity contribution in [2.45, 2.75) is 26.7 Å². The van der Waals surface area contributed by atoms with Crippen molar-refractivity contribution in [3.8, 4) is 0 Å². The average molecular weight is 301 g/mol. The summed E-state index contributed by atoms with van der Waals surface area (Å²) in [4.78, 5) is 0. The number of halogens is 1. The molecule has 0 aliphatic carbocycles. The third-order valence-electron chi connectivity index (χ3n) is 2.62. The number of benzene rings is 1. The molecule has 0 aliphatic rings. The van der Waals surface area contributed by atoms with Crippen LogP contribution in [0.5, 0.6) is 0 Å². The Labute approximate surface area is 125 Å². The first kappa shape index (κ1) is 16.2. The van der Waals surface area contributed by atoms with Crippen LogP contribution < -0.4 is 10.6 Å². The molecule has 0 aliphatic heterocycles. The van der Waals surface area contributed by atoms with E-state index in [0.29, 0.717) is 5.11 Å². The van der Waals surface area contributed by atoms with Gasteiger partial charge in [-0.05, 0) is 49.7 Å². The molecular weight excluding hydrogens is 280 g/mol. The minimum atomic E-state index is 0.612. The molecule has 0 aromatic heterocycles. The molecule has 0 bridgehead atoms. The molecule has 0 amide bonds. The van der Waals surface area contributed by atoms with Crippen LogP contribution in [0.2, 0.25) is 5.02 Å². The normalized spacial score (nSPS) is 10.3. The molecule has 0 heterocycles. The smallest absolute Gasteiger partial charge is 0.170 e. The van der Waals surface area contributed by atoms with Crippen molar-refractivity contribution in [1.82, 2.24) is 5.32 Å². The van der Waals surface area contributed by atoms with E-state index in [4.69, 9.17) is 28.6 Å². The second kappa shape index (κ2) is 9.13. The highest BCUT2D eigenvalue weighted by atomic mass is 35.5. The van der Waals surface area contributed by atoms with Crippen LogP contribution in [-0.4, -0.2) is 24.9 Å². The topological polar surface area (TPSA) is 33.3 Å². The maximum Gasteiger partial charge on any atom is 0.170 e. The lowest BCUT2D eigenvalue weighted by atomic mass is 10.2. The molecule has 0 fully saturated rings. The third-order valence-corrected chi connectivity index (χ3v) is 3.27. The highest BCUT2D eigenvalue weighted by Gasteiger charge is 2.03. The highest BCUT2D eigenvalue weighted by Crippen LogP contribution is 2.22. The Morgan fingerprint density at radius 1 is 1.37 bits per heavy atom. The van der Waals surface area contributed by atoms with E-state index in [9.17, 15) is 0 Å². The van der Waals surface area contributed by atoms with Gasteiger partial charge >= 0.3 is 0 Å². The van der Waals surface area contributed by atoms with Crippen molar-refractivity contribution >= 4 is 34.6 Å². The minimum Gasteiger partial charge on any atom is -0.381 e. The molecule has 5 heteroatoms. The molecule has 0 saturated carbocycles.